The topological polar surface area (TPSA) is 116 Å². The number of pyridine rings is 1. The molecule has 0 aliphatic carbocycles. The summed E-state index contributed by atoms with van der Waals surface area (Å²) in [6, 6.07) is 5.60. The van der Waals surface area contributed by atoms with E-state index in [2.05, 4.69) is 15.5 Å². The first kappa shape index (κ1) is 18.1. The van der Waals surface area contributed by atoms with Crippen molar-refractivity contribution in [2.45, 2.75) is 0 Å². The van der Waals surface area contributed by atoms with E-state index in [0.717, 1.165) is 6.21 Å². The van der Waals surface area contributed by atoms with Crippen LogP contribution in [0.5, 0.6) is 11.5 Å². The maximum Gasteiger partial charge on any atom is 0.282 e. The van der Waals surface area contributed by atoms with Gasteiger partial charge in [-0.1, -0.05) is 11.6 Å². The van der Waals surface area contributed by atoms with Crippen LogP contribution in [0.2, 0.25) is 5.15 Å². The number of benzene rings is 1. The molecule has 1 N–H and O–H groups in total. The van der Waals surface area contributed by atoms with E-state index in [0.29, 0.717) is 0 Å². The minimum absolute atomic E-state index is 0.0206. The van der Waals surface area contributed by atoms with Crippen LogP contribution in [0.15, 0.2) is 35.6 Å². The number of carbonyl (C=O) groups is 1. The number of nitrogens with zero attached hydrogens (tertiary/aromatic N) is 3. The van der Waals surface area contributed by atoms with Crippen molar-refractivity contribution >= 4 is 29.4 Å². The Kier molecular flexibility index (Phi) is 5.85. The number of nitro benzene ring substituents is 1. The average Bonchev–Trinajstić information content (AvgIpc) is 2.61. The summed E-state index contributed by atoms with van der Waals surface area (Å²) >= 11 is 5.81. The van der Waals surface area contributed by atoms with Crippen molar-refractivity contribution in [3.8, 4) is 11.5 Å². The van der Waals surface area contributed by atoms with Crippen molar-refractivity contribution in [1.82, 2.24) is 10.4 Å². The summed E-state index contributed by atoms with van der Waals surface area (Å²) in [6.07, 6.45) is 2.57. The third kappa shape index (κ3) is 4.21. The van der Waals surface area contributed by atoms with Gasteiger partial charge in [0.2, 0.25) is 0 Å². The maximum absolute atomic E-state index is 12.0. The van der Waals surface area contributed by atoms with Crippen LogP contribution in [-0.2, 0) is 0 Å². The fourth-order valence-corrected chi connectivity index (χ4v) is 2.13. The monoisotopic (exact) mass is 364 g/mol. The summed E-state index contributed by atoms with van der Waals surface area (Å²) in [5, 5.41) is 14.9. The second-order valence-corrected chi connectivity index (χ2v) is 4.92. The van der Waals surface area contributed by atoms with Gasteiger partial charge in [-0.15, -0.1) is 0 Å². The number of hydrogen-bond acceptors (Lipinski definition) is 7. The largest absolute Gasteiger partial charge is 0.493 e. The van der Waals surface area contributed by atoms with Crippen LogP contribution in [0, 0.1) is 10.1 Å². The molecule has 1 aromatic heterocycles. The highest BCUT2D eigenvalue weighted by Gasteiger charge is 2.18. The summed E-state index contributed by atoms with van der Waals surface area (Å²) in [7, 11) is 2.77. The van der Waals surface area contributed by atoms with Crippen LogP contribution >= 0.6 is 11.6 Å². The zero-order chi connectivity index (χ0) is 18.4. The third-order valence-corrected chi connectivity index (χ3v) is 3.40. The van der Waals surface area contributed by atoms with Crippen LogP contribution in [0.4, 0.5) is 5.69 Å². The van der Waals surface area contributed by atoms with Crippen molar-refractivity contribution in [3.05, 3.63) is 56.9 Å². The van der Waals surface area contributed by atoms with Crippen LogP contribution in [-0.4, -0.2) is 36.2 Å². The molecule has 0 aliphatic heterocycles. The van der Waals surface area contributed by atoms with E-state index < -0.39 is 10.8 Å². The molecule has 1 heterocycles. The molecule has 25 heavy (non-hydrogen) atoms. The van der Waals surface area contributed by atoms with Gasteiger partial charge in [0.05, 0.1) is 42.6 Å². The number of hydrazone groups is 1. The Morgan fingerprint density at radius 2 is 2.04 bits per heavy atom. The fraction of sp³-hybridized carbons (Fsp3) is 0.133. The highest BCUT2D eigenvalue weighted by atomic mass is 35.5. The maximum atomic E-state index is 12.0. The Balaban J connectivity index is 2.26. The van der Waals surface area contributed by atoms with E-state index in [1.165, 1.54) is 38.6 Å². The van der Waals surface area contributed by atoms with E-state index in [4.69, 9.17) is 21.1 Å². The Morgan fingerprint density at radius 3 is 2.64 bits per heavy atom. The van der Waals surface area contributed by atoms with Gasteiger partial charge in [-0.3, -0.25) is 14.9 Å². The molecular formula is C15H13ClN4O5. The average molecular weight is 365 g/mol. The Hall–Kier alpha value is -3.20. The van der Waals surface area contributed by atoms with Crippen molar-refractivity contribution in [2.24, 2.45) is 5.10 Å². The second-order valence-electron chi connectivity index (χ2n) is 4.56. The number of hydrogen-bond donors (Lipinski definition) is 1. The SMILES string of the molecule is COc1cc(C=NNC(=O)c2cccnc2Cl)c([N+](=O)[O-])cc1OC. The van der Waals surface area contributed by atoms with E-state index in [1.54, 1.807) is 6.07 Å². The molecule has 0 bridgehead atoms. The lowest BCUT2D eigenvalue weighted by molar-refractivity contribution is -0.385. The minimum atomic E-state index is -0.600. The molecule has 0 fully saturated rings. The first-order valence-corrected chi connectivity index (χ1v) is 7.20. The third-order valence-electron chi connectivity index (χ3n) is 3.10. The molecule has 2 rings (SSSR count). The normalized spacial score (nSPS) is 10.5. The molecule has 0 saturated heterocycles. The lowest BCUT2D eigenvalue weighted by atomic mass is 10.1. The van der Waals surface area contributed by atoms with Crippen LogP contribution in [0.25, 0.3) is 0 Å². The number of nitrogens with one attached hydrogen (secondary N) is 1. The highest BCUT2D eigenvalue weighted by molar-refractivity contribution is 6.32. The standard InChI is InChI=1S/C15H13ClN4O5/c1-24-12-6-9(11(20(22)23)7-13(12)25-2)8-18-19-15(21)10-4-3-5-17-14(10)16/h3-8H,1-2H3,(H,19,21). The van der Waals surface area contributed by atoms with Crippen LogP contribution in [0.3, 0.4) is 0 Å². The van der Waals surface area contributed by atoms with Gasteiger partial charge in [0.15, 0.2) is 11.5 Å². The molecule has 10 heteroatoms. The number of methoxy groups -OCH3 is 2. The molecule has 1 aromatic carbocycles. The lowest BCUT2D eigenvalue weighted by Crippen LogP contribution is -2.18. The van der Waals surface area contributed by atoms with Gasteiger partial charge in [-0.25, -0.2) is 10.4 Å². The Bertz CT molecular complexity index is 841. The zero-order valence-corrected chi connectivity index (χ0v) is 14.0. The van der Waals surface area contributed by atoms with Gasteiger partial charge in [0.25, 0.3) is 11.6 Å². The first-order valence-electron chi connectivity index (χ1n) is 6.82. The van der Waals surface area contributed by atoms with Gasteiger partial charge in [0.1, 0.15) is 5.15 Å². The first-order chi connectivity index (χ1) is 12.0. The molecule has 0 radical (unpaired) electrons. The van der Waals surface area contributed by atoms with Gasteiger partial charge in [0, 0.05) is 6.20 Å². The molecule has 0 saturated carbocycles. The molecule has 1 amide bonds. The predicted octanol–water partition coefficient (Wildman–Crippen LogP) is 2.42. The fourth-order valence-electron chi connectivity index (χ4n) is 1.92. The van der Waals surface area contributed by atoms with E-state index >= 15 is 0 Å². The summed E-state index contributed by atoms with van der Waals surface area (Å²) in [5.74, 6) is -0.105. The number of halogens is 1. The highest BCUT2D eigenvalue weighted by Crippen LogP contribution is 2.33. The van der Waals surface area contributed by atoms with Gasteiger partial charge in [-0.2, -0.15) is 5.10 Å². The summed E-state index contributed by atoms with van der Waals surface area (Å²) in [5.41, 5.74) is 2.23. The van der Waals surface area contributed by atoms with Crippen molar-refractivity contribution in [3.63, 3.8) is 0 Å². The number of amides is 1. The molecule has 2 aromatic rings. The van der Waals surface area contributed by atoms with Crippen LogP contribution < -0.4 is 14.9 Å². The minimum Gasteiger partial charge on any atom is -0.493 e. The second kappa shape index (κ2) is 8.06. The number of nitro groups is 1. The van der Waals surface area contributed by atoms with Crippen molar-refractivity contribution < 1.29 is 19.2 Å². The van der Waals surface area contributed by atoms with E-state index in [9.17, 15) is 14.9 Å². The van der Waals surface area contributed by atoms with Gasteiger partial charge in [-0.05, 0) is 18.2 Å². The summed E-state index contributed by atoms with van der Waals surface area (Å²) in [4.78, 5) is 26.3. The van der Waals surface area contributed by atoms with Crippen LogP contribution in [0.1, 0.15) is 15.9 Å². The molecular weight excluding hydrogens is 352 g/mol. The van der Waals surface area contributed by atoms with Crippen molar-refractivity contribution in [2.75, 3.05) is 14.2 Å². The molecule has 0 atom stereocenters. The summed E-state index contributed by atoms with van der Waals surface area (Å²) < 4.78 is 10.1. The number of carbonyl (C=O) groups excluding carboxylic acids is 1. The molecule has 0 aliphatic rings. The van der Waals surface area contributed by atoms with Gasteiger partial charge >= 0.3 is 0 Å². The Labute approximate surface area is 147 Å². The van der Waals surface area contributed by atoms with Gasteiger partial charge < -0.3 is 9.47 Å². The number of rotatable bonds is 6. The smallest absolute Gasteiger partial charge is 0.282 e. The zero-order valence-electron chi connectivity index (χ0n) is 13.2. The number of ether oxygens (including phenoxy) is 2. The Morgan fingerprint density at radius 1 is 1.36 bits per heavy atom. The predicted molar refractivity (Wildman–Crippen MR) is 90.5 cm³/mol. The lowest BCUT2D eigenvalue weighted by Gasteiger charge is -2.08. The molecule has 0 unspecified atom stereocenters. The quantitative estimate of drug-likeness (QED) is 0.364. The molecule has 9 nitrogen and oxygen atoms in total. The molecule has 130 valence electrons. The summed E-state index contributed by atoms with van der Waals surface area (Å²) in [6.45, 7) is 0. The van der Waals surface area contributed by atoms with Crippen molar-refractivity contribution in [1.29, 1.82) is 0 Å². The van der Waals surface area contributed by atoms with E-state index in [1.807, 2.05) is 0 Å². The van der Waals surface area contributed by atoms with E-state index in [-0.39, 0.29) is 33.5 Å². The molecule has 0 spiro atoms. The number of aromatic nitrogens is 1.